The van der Waals surface area contributed by atoms with Gasteiger partial charge >= 0.3 is 0 Å². The van der Waals surface area contributed by atoms with Crippen LogP contribution in [0, 0.1) is 0 Å². The lowest BCUT2D eigenvalue weighted by Gasteiger charge is -2.36. The Kier molecular flexibility index (Phi) is 5.98. The lowest BCUT2D eigenvalue weighted by atomic mass is 10.1. The average Bonchev–Trinajstić information content (AvgIpc) is 2.77. The van der Waals surface area contributed by atoms with E-state index in [1.54, 1.807) is 7.11 Å². The van der Waals surface area contributed by atoms with Crippen LogP contribution >= 0.6 is 0 Å². The molecule has 0 N–H and O–H groups in total. The lowest BCUT2D eigenvalue weighted by Crippen LogP contribution is -2.46. The molecule has 0 radical (unpaired) electrons. The van der Waals surface area contributed by atoms with Gasteiger partial charge in [0.15, 0.2) is 0 Å². The molecule has 4 heteroatoms. The first kappa shape index (κ1) is 18.6. The highest BCUT2D eigenvalue weighted by Crippen LogP contribution is 2.28. The van der Waals surface area contributed by atoms with Crippen LogP contribution < -0.4 is 14.4 Å². The Morgan fingerprint density at radius 1 is 0.786 bits per heavy atom. The summed E-state index contributed by atoms with van der Waals surface area (Å²) in [6.45, 7) is 6.04. The van der Waals surface area contributed by atoms with Crippen molar-refractivity contribution in [2.24, 2.45) is 0 Å². The number of anilines is 1. The number of hydrogen-bond donors (Lipinski definition) is 0. The number of para-hydroxylation sites is 2. The van der Waals surface area contributed by atoms with Crippen molar-refractivity contribution in [1.82, 2.24) is 4.90 Å². The van der Waals surface area contributed by atoms with Crippen LogP contribution in [0.25, 0.3) is 10.8 Å². The van der Waals surface area contributed by atoms with Crippen LogP contribution in [-0.4, -0.2) is 51.3 Å². The average molecular weight is 377 g/mol. The minimum Gasteiger partial charge on any atom is -0.495 e. The molecule has 0 saturated carbocycles. The van der Waals surface area contributed by atoms with Gasteiger partial charge in [0.1, 0.15) is 11.5 Å². The van der Waals surface area contributed by atoms with Gasteiger partial charge < -0.3 is 14.4 Å². The summed E-state index contributed by atoms with van der Waals surface area (Å²) in [7, 11) is 1.74. The van der Waals surface area contributed by atoms with Crippen LogP contribution in [0.15, 0.2) is 66.7 Å². The number of nitrogens with zero attached hydrogens (tertiary/aromatic N) is 2. The molecule has 146 valence electrons. The second-order valence-corrected chi connectivity index (χ2v) is 7.18. The topological polar surface area (TPSA) is 24.9 Å². The number of fused-ring (bicyclic) bond motifs is 1. The zero-order valence-corrected chi connectivity index (χ0v) is 16.5. The predicted octanol–water partition coefficient (Wildman–Crippen LogP) is 4.44. The molecule has 0 spiro atoms. The number of ether oxygens (including phenoxy) is 2. The highest BCUT2D eigenvalue weighted by atomic mass is 16.5. The summed E-state index contributed by atoms with van der Waals surface area (Å²) in [5.74, 6) is 1.94. The molecule has 0 aliphatic carbocycles. The monoisotopic (exact) mass is 376 g/mol. The van der Waals surface area contributed by atoms with Crippen molar-refractivity contribution in [3.63, 3.8) is 0 Å². The Bertz CT molecular complexity index is 899. The highest BCUT2D eigenvalue weighted by molar-refractivity contribution is 5.88. The Labute approximate surface area is 167 Å². The molecule has 3 aromatic carbocycles. The Balaban J connectivity index is 1.24. The molecule has 0 unspecified atom stereocenters. The summed E-state index contributed by atoms with van der Waals surface area (Å²) >= 11 is 0. The normalized spacial score (nSPS) is 15.0. The molecule has 1 aliphatic rings. The third kappa shape index (κ3) is 4.23. The second kappa shape index (κ2) is 8.98. The minimum absolute atomic E-state index is 0.751. The maximum absolute atomic E-state index is 6.08. The van der Waals surface area contributed by atoms with Gasteiger partial charge in [-0.25, -0.2) is 0 Å². The fraction of sp³-hybridized carbons (Fsp3) is 0.333. The van der Waals surface area contributed by atoms with E-state index in [1.165, 1.54) is 16.5 Å². The van der Waals surface area contributed by atoms with E-state index in [4.69, 9.17) is 9.47 Å². The van der Waals surface area contributed by atoms with Crippen LogP contribution in [-0.2, 0) is 0 Å². The van der Waals surface area contributed by atoms with Gasteiger partial charge in [0, 0.05) is 38.1 Å². The molecule has 28 heavy (non-hydrogen) atoms. The van der Waals surface area contributed by atoms with Crippen LogP contribution in [0.5, 0.6) is 11.5 Å². The summed E-state index contributed by atoms with van der Waals surface area (Å²) in [6.07, 6.45) is 1.04. The van der Waals surface area contributed by atoms with Crippen LogP contribution in [0.2, 0.25) is 0 Å². The SMILES string of the molecule is COc1ccccc1N1CCN(CCCOc2cccc3ccccc23)CC1. The molecule has 4 rings (SSSR count). The van der Waals surface area contributed by atoms with Crippen molar-refractivity contribution in [3.8, 4) is 11.5 Å². The first-order valence-electron chi connectivity index (χ1n) is 10.1. The van der Waals surface area contributed by atoms with Gasteiger partial charge in [-0.3, -0.25) is 4.90 Å². The van der Waals surface area contributed by atoms with Crippen molar-refractivity contribution in [1.29, 1.82) is 0 Å². The van der Waals surface area contributed by atoms with E-state index < -0.39 is 0 Å². The lowest BCUT2D eigenvalue weighted by molar-refractivity contribution is 0.225. The molecule has 1 saturated heterocycles. The molecule has 3 aromatic rings. The maximum atomic E-state index is 6.08. The maximum Gasteiger partial charge on any atom is 0.142 e. The molecular weight excluding hydrogens is 348 g/mol. The van der Waals surface area contributed by atoms with Gasteiger partial charge in [-0.2, -0.15) is 0 Å². The standard InChI is InChI=1S/C24H28N2O2/c1-27-24-12-5-4-11-22(24)26-17-15-25(16-18-26)14-7-19-28-23-13-6-9-20-8-2-3-10-21(20)23/h2-6,8-13H,7,14-19H2,1H3. The number of rotatable bonds is 7. The summed E-state index contributed by atoms with van der Waals surface area (Å²) in [4.78, 5) is 4.94. The van der Waals surface area contributed by atoms with Crippen molar-refractivity contribution in [2.45, 2.75) is 6.42 Å². The van der Waals surface area contributed by atoms with Crippen LogP contribution in [0.1, 0.15) is 6.42 Å². The van der Waals surface area contributed by atoms with Crippen LogP contribution in [0.3, 0.4) is 0 Å². The van der Waals surface area contributed by atoms with Gasteiger partial charge in [0.25, 0.3) is 0 Å². The summed E-state index contributed by atoms with van der Waals surface area (Å²) in [5.41, 5.74) is 1.20. The third-order valence-electron chi connectivity index (χ3n) is 5.42. The molecule has 1 fully saturated rings. The largest absolute Gasteiger partial charge is 0.495 e. The van der Waals surface area contributed by atoms with E-state index in [9.17, 15) is 0 Å². The van der Waals surface area contributed by atoms with E-state index in [1.807, 2.05) is 12.1 Å². The van der Waals surface area contributed by atoms with E-state index in [-0.39, 0.29) is 0 Å². The number of methoxy groups -OCH3 is 1. The van der Waals surface area contributed by atoms with Crippen molar-refractivity contribution >= 4 is 16.5 Å². The van der Waals surface area contributed by atoms with Crippen molar-refractivity contribution in [2.75, 3.05) is 51.3 Å². The van der Waals surface area contributed by atoms with E-state index in [0.29, 0.717) is 0 Å². The van der Waals surface area contributed by atoms with Crippen molar-refractivity contribution < 1.29 is 9.47 Å². The van der Waals surface area contributed by atoms with Crippen LogP contribution in [0.4, 0.5) is 5.69 Å². The number of benzene rings is 3. The first-order valence-corrected chi connectivity index (χ1v) is 10.1. The van der Waals surface area contributed by atoms with E-state index in [2.05, 4.69) is 64.4 Å². The molecule has 0 atom stereocenters. The molecule has 0 amide bonds. The van der Waals surface area contributed by atoms with E-state index in [0.717, 1.165) is 57.3 Å². The van der Waals surface area contributed by atoms with Gasteiger partial charge in [0.05, 0.1) is 19.4 Å². The smallest absolute Gasteiger partial charge is 0.142 e. The molecule has 4 nitrogen and oxygen atoms in total. The highest BCUT2D eigenvalue weighted by Gasteiger charge is 2.19. The van der Waals surface area contributed by atoms with Gasteiger partial charge in [0.2, 0.25) is 0 Å². The predicted molar refractivity (Wildman–Crippen MR) is 116 cm³/mol. The Hall–Kier alpha value is -2.72. The Morgan fingerprint density at radius 2 is 1.50 bits per heavy atom. The van der Waals surface area contributed by atoms with Gasteiger partial charge in [-0.1, -0.05) is 48.5 Å². The Morgan fingerprint density at radius 3 is 2.36 bits per heavy atom. The van der Waals surface area contributed by atoms with Gasteiger partial charge in [-0.15, -0.1) is 0 Å². The second-order valence-electron chi connectivity index (χ2n) is 7.18. The van der Waals surface area contributed by atoms with E-state index >= 15 is 0 Å². The molecule has 0 aromatic heterocycles. The quantitative estimate of drug-likeness (QED) is 0.569. The zero-order chi connectivity index (χ0) is 19.2. The molecule has 0 bridgehead atoms. The minimum atomic E-state index is 0.751. The number of piperazine rings is 1. The zero-order valence-electron chi connectivity index (χ0n) is 16.5. The van der Waals surface area contributed by atoms with Gasteiger partial charge in [-0.05, 0) is 30.0 Å². The first-order chi connectivity index (χ1) is 13.8. The summed E-state index contributed by atoms with van der Waals surface area (Å²) in [5, 5.41) is 2.42. The molecule has 1 aliphatic heterocycles. The number of hydrogen-bond acceptors (Lipinski definition) is 4. The summed E-state index contributed by atoms with van der Waals surface area (Å²) < 4.78 is 11.6. The fourth-order valence-electron chi connectivity index (χ4n) is 3.90. The molecule has 1 heterocycles. The molecular formula is C24H28N2O2. The fourth-order valence-corrected chi connectivity index (χ4v) is 3.90. The third-order valence-corrected chi connectivity index (χ3v) is 5.42. The van der Waals surface area contributed by atoms with Crippen molar-refractivity contribution in [3.05, 3.63) is 66.7 Å². The summed E-state index contributed by atoms with van der Waals surface area (Å²) in [6, 6.07) is 22.9.